The molecule has 0 atom stereocenters. The minimum absolute atomic E-state index is 0.267. The summed E-state index contributed by atoms with van der Waals surface area (Å²) in [6.07, 6.45) is 3.17. The Balaban J connectivity index is 2.05. The maximum absolute atomic E-state index is 13.0. The molecule has 1 aromatic heterocycles. The number of anilines is 1. The van der Waals surface area contributed by atoms with Crippen molar-refractivity contribution in [1.29, 1.82) is 0 Å². The Labute approximate surface area is 109 Å². The molecule has 18 heavy (non-hydrogen) atoms. The van der Waals surface area contributed by atoms with Gasteiger partial charge >= 0.3 is 0 Å². The molecule has 0 saturated heterocycles. The molecule has 1 N–H and O–H groups in total. The van der Waals surface area contributed by atoms with E-state index in [1.54, 1.807) is 23.5 Å². The summed E-state index contributed by atoms with van der Waals surface area (Å²) in [6.45, 7) is 1.82. The van der Waals surface area contributed by atoms with Gasteiger partial charge in [0.2, 0.25) is 5.91 Å². The third kappa shape index (κ3) is 3.28. The number of nitrogens with one attached hydrogen (secondary N) is 1. The van der Waals surface area contributed by atoms with Gasteiger partial charge in [0.1, 0.15) is 5.82 Å². The van der Waals surface area contributed by atoms with Gasteiger partial charge in [-0.05, 0) is 42.1 Å². The molecule has 0 bridgehead atoms. The van der Waals surface area contributed by atoms with Gasteiger partial charge < -0.3 is 5.32 Å². The van der Waals surface area contributed by atoms with E-state index >= 15 is 0 Å². The normalized spacial score (nSPS) is 10.8. The van der Waals surface area contributed by atoms with Crippen molar-refractivity contribution in [3.8, 4) is 0 Å². The summed E-state index contributed by atoms with van der Waals surface area (Å²) in [4.78, 5) is 12.7. The molecule has 0 aliphatic rings. The highest BCUT2D eigenvalue weighted by atomic mass is 32.1. The molecule has 92 valence electrons. The van der Waals surface area contributed by atoms with Crippen LogP contribution in [-0.4, -0.2) is 5.91 Å². The van der Waals surface area contributed by atoms with Crippen LogP contribution < -0.4 is 5.32 Å². The van der Waals surface area contributed by atoms with Crippen LogP contribution in [0.3, 0.4) is 0 Å². The Morgan fingerprint density at radius 2 is 2.22 bits per heavy atom. The molecule has 0 aliphatic heterocycles. The summed E-state index contributed by atoms with van der Waals surface area (Å²) in [6, 6.07) is 8.15. The smallest absolute Gasteiger partial charge is 0.248 e. The van der Waals surface area contributed by atoms with Crippen molar-refractivity contribution < 1.29 is 9.18 Å². The Morgan fingerprint density at radius 3 is 2.94 bits per heavy atom. The zero-order chi connectivity index (χ0) is 13.0. The average Bonchev–Trinajstić information content (AvgIpc) is 2.84. The van der Waals surface area contributed by atoms with Crippen LogP contribution in [0, 0.1) is 12.7 Å². The maximum Gasteiger partial charge on any atom is 0.248 e. The van der Waals surface area contributed by atoms with Crippen LogP contribution in [0.5, 0.6) is 0 Å². The standard InChI is InChI=1S/C14H12FNOS/c1-10-4-5-11(15)9-13(10)16-14(17)7-6-12-3-2-8-18-12/h2-9H,1H3,(H,16,17). The number of carbonyl (C=O) groups is 1. The minimum atomic E-state index is -0.363. The summed E-state index contributed by atoms with van der Waals surface area (Å²) < 4.78 is 13.0. The molecule has 0 spiro atoms. The van der Waals surface area contributed by atoms with Gasteiger partial charge in [0.05, 0.1) is 0 Å². The lowest BCUT2D eigenvalue weighted by Gasteiger charge is -2.05. The van der Waals surface area contributed by atoms with Crippen molar-refractivity contribution in [2.24, 2.45) is 0 Å². The quantitative estimate of drug-likeness (QED) is 0.835. The monoisotopic (exact) mass is 261 g/mol. The Morgan fingerprint density at radius 1 is 1.39 bits per heavy atom. The molecule has 1 amide bonds. The van der Waals surface area contributed by atoms with E-state index in [1.165, 1.54) is 18.2 Å². The molecule has 2 rings (SSSR count). The molecule has 0 saturated carbocycles. The fraction of sp³-hybridized carbons (Fsp3) is 0.0714. The second-order valence-electron chi connectivity index (χ2n) is 3.80. The lowest BCUT2D eigenvalue weighted by atomic mass is 10.2. The molecular formula is C14H12FNOS. The summed E-state index contributed by atoms with van der Waals surface area (Å²) in [7, 11) is 0. The van der Waals surface area contributed by atoms with Crippen LogP contribution in [0.2, 0.25) is 0 Å². The summed E-state index contributed by atoms with van der Waals surface area (Å²) in [5, 5.41) is 4.59. The number of rotatable bonds is 3. The van der Waals surface area contributed by atoms with Crippen LogP contribution in [0.15, 0.2) is 41.8 Å². The molecule has 0 radical (unpaired) electrons. The summed E-state index contributed by atoms with van der Waals surface area (Å²) >= 11 is 1.55. The van der Waals surface area contributed by atoms with Gasteiger partial charge in [0.25, 0.3) is 0 Å². The summed E-state index contributed by atoms with van der Waals surface area (Å²) in [5.74, 6) is -0.629. The first-order valence-electron chi connectivity index (χ1n) is 5.44. The Bertz CT molecular complexity index is 575. The van der Waals surface area contributed by atoms with Crippen molar-refractivity contribution in [2.45, 2.75) is 6.92 Å². The highest BCUT2D eigenvalue weighted by Crippen LogP contribution is 2.16. The highest BCUT2D eigenvalue weighted by molar-refractivity contribution is 7.10. The number of benzene rings is 1. The van der Waals surface area contributed by atoms with Crippen molar-refractivity contribution >= 4 is 29.0 Å². The van der Waals surface area contributed by atoms with E-state index in [4.69, 9.17) is 0 Å². The molecule has 2 nitrogen and oxygen atoms in total. The highest BCUT2D eigenvalue weighted by Gasteiger charge is 2.03. The second kappa shape index (κ2) is 5.60. The van der Waals surface area contributed by atoms with Crippen LogP contribution in [0.25, 0.3) is 6.08 Å². The van der Waals surface area contributed by atoms with Gasteiger partial charge in [-0.1, -0.05) is 12.1 Å². The van der Waals surface area contributed by atoms with Crippen molar-refractivity contribution in [3.05, 3.63) is 58.0 Å². The van der Waals surface area contributed by atoms with E-state index in [-0.39, 0.29) is 11.7 Å². The lowest BCUT2D eigenvalue weighted by Crippen LogP contribution is -2.09. The first-order valence-corrected chi connectivity index (χ1v) is 6.32. The van der Waals surface area contributed by atoms with Crippen LogP contribution in [0.1, 0.15) is 10.4 Å². The van der Waals surface area contributed by atoms with Gasteiger partial charge in [-0.15, -0.1) is 11.3 Å². The molecule has 0 fully saturated rings. The fourth-order valence-electron chi connectivity index (χ4n) is 1.45. The molecule has 1 heterocycles. The maximum atomic E-state index is 13.0. The Kier molecular flexibility index (Phi) is 3.89. The van der Waals surface area contributed by atoms with E-state index in [9.17, 15) is 9.18 Å². The Hall–Kier alpha value is -1.94. The number of thiophene rings is 1. The average molecular weight is 261 g/mol. The fourth-order valence-corrected chi connectivity index (χ4v) is 2.07. The van der Waals surface area contributed by atoms with Crippen LogP contribution in [-0.2, 0) is 4.79 Å². The van der Waals surface area contributed by atoms with E-state index in [0.717, 1.165) is 10.4 Å². The molecule has 0 unspecified atom stereocenters. The number of amides is 1. The van der Waals surface area contributed by atoms with Crippen molar-refractivity contribution in [1.82, 2.24) is 0 Å². The zero-order valence-electron chi connectivity index (χ0n) is 9.81. The first-order chi connectivity index (χ1) is 8.65. The van der Waals surface area contributed by atoms with Crippen LogP contribution >= 0.6 is 11.3 Å². The van der Waals surface area contributed by atoms with Gasteiger partial charge in [0.15, 0.2) is 0 Å². The number of aryl methyl sites for hydroxylation is 1. The summed E-state index contributed by atoms with van der Waals surface area (Å²) in [5.41, 5.74) is 1.32. The second-order valence-corrected chi connectivity index (χ2v) is 4.78. The number of hydrogen-bond donors (Lipinski definition) is 1. The minimum Gasteiger partial charge on any atom is -0.322 e. The van der Waals surface area contributed by atoms with Gasteiger partial charge in [0, 0.05) is 16.6 Å². The molecule has 1 aromatic carbocycles. The number of carbonyl (C=O) groups excluding carboxylic acids is 1. The van der Waals surface area contributed by atoms with E-state index < -0.39 is 0 Å². The largest absolute Gasteiger partial charge is 0.322 e. The first kappa shape index (κ1) is 12.5. The van der Waals surface area contributed by atoms with E-state index in [1.807, 2.05) is 24.4 Å². The van der Waals surface area contributed by atoms with E-state index in [0.29, 0.717) is 5.69 Å². The topological polar surface area (TPSA) is 29.1 Å². The SMILES string of the molecule is Cc1ccc(F)cc1NC(=O)C=Cc1cccs1. The third-order valence-electron chi connectivity index (χ3n) is 2.40. The van der Waals surface area contributed by atoms with Gasteiger partial charge in [-0.2, -0.15) is 0 Å². The molecule has 0 aliphatic carbocycles. The molecular weight excluding hydrogens is 249 g/mol. The number of halogens is 1. The third-order valence-corrected chi connectivity index (χ3v) is 3.24. The van der Waals surface area contributed by atoms with Crippen molar-refractivity contribution in [2.75, 3.05) is 5.32 Å². The number of hydrogen-bond acceptors (Lipinski definition) is 2. The van der Waals surface area contributed by atoms with Gasteiger partial charge in [-0.25, -0.2) is 4.39 Å². The molecule has 2 aromatic rings. The predicted molar refractivity (Wildman–Crippen MR) is 73.1 cm³/mol. The van der Waals surface area contributed by atoms with Crippen molar-refractivity contribution in [3.63, 3.8) is 0 Å². The predicted octanol–water partition coefficient (Wildman–Crippen LogP) is 3.85. The zero-order valence-corrected chi connectivity index (χ0v) is 10.6. The molecule has 4 heteroatoms. The lowest BCUT2D eigenvalue weighted by molar-refractivity contribution is -0.111. The van der Waals surface area contributed by atoms with Gasteiger partial charge in [-0.3, -0.25) is 4.79 Å². The van der Waals surface area contributed by atoms with Crippen LogP contribution in [0.4, 0.5) is 10.1 Å². The van der Waals surface area contributed by atoms with E-state index in [2.05, 4.69) is 5.32 Å².